The zero-order valence-electron chi connectivity index (χ0n) is 12.2. The fourth-order valence-corrected chi connectivity index (χ4v) is 2.88. The van der Waals surface area contributed by atoms with E-state index in [1.807, 2.05) is 31.2 Å². The second-order valence-corrected chi connectivity index (χ2v) is 5.91. The third-order valence-electron chi connectivity index (χ3n) is 3.54. The molecule has 0 radical (unpaired) electrons. The van der Waals surface area contributed by atoms with Gasteiger partial charge in [0.25, 0.3) is 0 Å². The number of nitrogens with zero attached hydrogens (tertiary/aromatic N) is 1. The number of hydrogen-bond acceptors (Lipinski definition) is 3. The van der Waals surface area contributed by atoms with Gasteiger partial charge < -0.3 is 11.1 Å². The molecule has 1 aliphatic heterocycles. The van der Waals surface area contributed by atoms with Crippen LogP contribution < -0.4 is 11.1 Å². The van der Waals surface area contributed by atoms with E-state index in [2.05, 4.69) is 10.2 Å². The number of nitrogens with two attached hydrogens (primary N) is 1. The molecular weight excluding hydrogens is 309 g/mol. The van der Waals surface area contributed by atoms with Crippen molar-refractivity contribution in [3.63, 3.8) is 0 Å². The Morgan fingerprint density at radius 3 is 3.00 bits per heavy atom. The Kier molecular flexibility index (Phi) is 7.46. The molecule has 6 heteroatoms. The Morgan fingerprint density at radius 2 is 2.33 bits per heavy atom. The Balaban J connectivity index is 0.00000220. The van der Waals surface area contributed by atoms with E-state index in [0.717, 1.165) is 31.5 Å². The molecule has 1 amide bonds. The lowest BCUT2D eigenvalue weighted by Gasteiger charge is -2.25. The van der Waals surface area contributed by atoms with E-state index in [-0.39, 0.29) is 30.4 Å². The summed E-state index contributed by atoms with van der Waals surface area (Å²) in [6, 6.07) is 7.60. The summed E-state index contributed by atoms with van der Waals surface area (Å²) in [7, 11) is 0. The highest BCUT2D eigenvalue weighted by atomic mass is 35.5. The van der Waals surface area contributed by atoms with Gasteiger partial charge in [-0.1, -0.05) is 23.7 Å². The zero-order chi connectivity index (χ0) is 14.5. The van der Waals surface area contributed by atoms with Crippen molar-refractivity contribution >= 4 is 29.9 Å². The fraction of sp³-hybridized carbons (Fsp3) is 0.533. The minimum Gasteiger partial charge on any atom is -0.351 e. The van der Waals surface area contributed by atoms with Gasteiger partial charge in [-0.15, -0.1) is 12.4 Å². The Hall–Kier alpha value is -0.810. The van der Waals surface area contributed by atoms with Gasteiger partial charge in [-0.05, 0) is 44.0 Å². The normalized spacial score (nSPS) is 19.9. The second kappa shape index (κ2) is 8.59. The van der Waals surface area contributed by atoms with Crippen molar-refractivity contribution in [1.82, 2.24) is 10.2 Å². The third-order valence-corrected chi connectivity index (χ3v) is 3.78. The molecule has 0 spiro atoms. The molecule has 21 heavy (non-hydrogen) atoms. The summed E-state index contributed by atoms with van der Waals surface area (Å²) in [5.74, 6) is 0.0862. The van der Waals surface area contributed by atoms with Gasteiger partial charge >= 0.3 is 0 Å². The topological polar surface area (TPSA) is 58.4 Å². The number of likely N-dealkylation sites (tertiary alicyclic amines) is 1. The minimum absolute atomic E-state index is 0. The van der Waals surface area contributed by atoms with Gasteiger partial charge in [0.05, 0.1) is 6.04 Å². The number of hydrogen-bond donors (Lipinski definition) is 2. The van der Waals surface area contributed by atoms with Crippen LogP contribution in [0, 0.1) is 0 Å². The second-order valence-electron chi connectivity index (χ2n) is 5.48. The van der Waals surface area contributed by atoms with Crippen LogP contribution in [-0.4, -0.2) is 36.0 Å². The van der Waals surface area contributed by atoms with Gasteiger partial charge in [-0.25, -0.2) is 0 Å². The Bertz CT molecular complexity index is 468. The number of carbonyl (C=O) groups excluding carboxylic acids is 1. The summed E-state index contributed by atoms with van der Waals surface area (Å²) < 4.78 is 0. The quantitative estimate of drug-likeness (QED) is 0.869. The van der Waals surface area contributed by atoms with Crippen molar-refractivity contribution in [2.75, 3.05) is 13.1 Å². The van der Waals surface area contributed by atoms with Crippen LogP contribution in [0.3, 0.4) is 0 Å². The van der Waals surface area contributed by atoms with Crippen LogP contribution in [0.1, 0.15) is 25.3 Å². The van der Waals surface area contributed by atoms with Gasteiger partial charge in [-0.3, -0.25) is 9.69 Å². The highest BCUT2D eigenvalue weighted by Crippen LogP contribution is 2.17. The Labute approximate surface area is 137 Å². The van der Waals surface area contributed by atoms with Crippen molar-refractivity contribution in [3.05, 3.63) is 34.9 Å². The number of amides is 1. The maximum absolute atomic E-state index is 12.3. The predicted octanol–water partition coefficient (Wildman–Crippen LogP) is 2.19. The van der Waals surface area contributed by atoms with Crippen molar-refractivity contribution in [1.29, 1.82) is 0 Å². The first-order valence-electron chi connectivity index (χ1n) is 7.08. The first-order valence-corrected chi connectivity index (χ1v) is 7.46. The standard InChI is InChI=1S/C15H22ClN3O.ClH/c1-11(17)10-19-7-3-6-14(19)15(20)18-9-12-4-2-5-13(16)8-12;/h2,4-5,8,11,14H,3,6-7,9-10,17H2,1H3,(H,18,20);1H/t11-,14+;/m1./s1. The van der Waals surface area contributed by atoms with E-state index in [1.165, 1.54) is 0 Å². The van der Waals surface area contributed by atoms with Crippen LogP contribution in [0.25, 0.3) is 0 Å². The predicted molar refractivity (Wildman–Crippen MR) is 88.8 cm³/mol. The molecule has 0 aromatic heterocycles. The van der Waals surface area contributed by atoms with Crippen LogP contribution in [0.5, 0.6) is 0 Å². The molecule has 0 unspecified atom stereocenters. The molecule has 2 rings (SSSR count). The van der Waals surface area contributed by atoms with Gasteiger partial charge in [-0.2, -0.15) is 0 Å². The van der Waals surface area contributed by atoms with Crippen molar-refractivity contribution < 1.29 is 4.79 Å². The van der Waals surface area contributed by atoms with E-state index >= 15 is 0 Å². The molecule has 2 atom stereocenters. The van der Waals surface area contributed by atoms with Crippen LogP contribution in [0.2, 0.25) is 5.02 Å². The van der Waals surface area contributed by atoms with Crippen LogP contribution >= 0.6 is 24.0 Å². The molecule has 1 aliphatic rings. The van der Waals surface area contributed by atoms with Crippen molar-refractivity contribution in [2.24, 2.45) is 5.73 Å². The summed E-state index contributed by atoms with van der Waals surface area (Å²) in [6.45, 7) is 4.22. The monoisotopic (exact) mass is 331 g/mol. The van der Waals surface area contributed by atoms with E-state index < -0.39 is 0 Å². The van der Waals surface area contributed by atoms with Crippen molar-refractivity contribution in [2.45, 2.75) is 38.4 Å². The molecule has 4 nitrogen and oxygen atoms in total. The van der Waals surface area contributed by atoms with Crippen molar-refractivity contribution in [3.8, 4) is 0 Å². The number of halogens is 2. The van der Waals surface area contributed by atoms with E-state index in [0.29, 0.717) is 11.6 Å². The number of nitrogens with one attached hydrogen (secondary N) is 1. The number of benzene rings is 1. The maximum atomic E-state index is 12.3. The Morgan fingerprint density at radius 1 is 1.57 bits per heavy atom. The van der Waals surface area contributed by atoms with Crippen LogP contribution in [0.4, 0.5) is 0 Å². The first-order chi connectivity index (χ1) is 9.56. The average molecular weight is 332 g/mol. The summed E-state index contributed by atoms with van der Waals surface area (Å²) in [5.41, 5.74) is 6.84. The fourth-order valence-electron chi connectivity index (χ4n) is 2.67. The lowest BCUT2D eigenvalue weighted by molar-refractivity contribution is -0.125. The van der Waals surface area contributed by atoms with Gasteiger partial charge in [0.15, 0.2) is 0 Å². The molecule has 3 N–H and O–H groups in total. The molecule has 1 heterocycles. The minimum atomic E-state index is -0.0415. The molecule has 118 valence electrons. The van der Waals surface area contributed by atoms with Gasteiger partial charge in [0.1, 0.15) is 0 Å². The summed E-state index contributed by atoms with van der Waals surface area (Å²) in [4.78, 5) is 14.4. The summed E-state index contributed by atoms with van der Waals surface area (Å²) in [5, 5.41) is 3.68. The SMILES string of the molecule is C[C@@H](N)CN1CCC[C@H]1C(=O)NCc1cccc(Cl)c1.Cl. The molecule has 0 bridgehead atoms. The summed E-state index contributed by atoms with van der Waals surface area (Å²) >= 11 is 5.93. The molecule has 1 fully saturated rings. The first kappa shape index (κ1) is 18.2. The molecule has 0 aliphatic carbocycles. The van der Waals surface area contributed by atoms with E-state index in [1.54, 1.807) is 0 Å². The highest BCUT2D eigenvalue weighted by Gasteiger charge is 2.30. The third kappa shape index (κ3) is 5.47. The average Bonchev–Trinajstić information content (AvgIpc) is 2.83. The molecule has 0 saturated carbocycles. The number of rotatable bonds is 5. The van der Waals surface area contributed by atoms with Crippen LogP contribution in [0.15, 0.2) is 24.3 Å². The maximum Gasteiger partial charge on any atom is 0.237 e. The molecule has 1 aromatic carbocycles. The molecule has 1 saturated heterocycles. The number of carbonyl (C=O) groups is 1. The van der Waals surface area contributed by atoms with Gasteiger partial charge in [0.2, 0.25) is 5.91 Å². The van der Waals surface area contributed by atoms with Gasteiger partial charge in [0, 0.05) is 24.2 Å². The molecule has 1 aromatic rings. The summed E-state index contributed by atoms with van der Waals surface area (Å²) in [6.07, 6.45) is 1.97. The smallest absolute Gasteiger partial charge is 0.237 e. The van der Waals surface area contributed by atoms with E-state index in [4.69, 9.17) is 17.3 Å². The van der Waals surface area contributed by atoms with Crippen LogP contribution in [-0.2, 0) is 11.3 Å². The molecular formula is C15H23Cl2N3O. The highest BCUT2D eigenvalue weighted by molar-refractivity contribution is 6.30. The lowest BCUT2D eigenvalue weighted by atomic mass is 10.1. The lowest BCUT2D eigenvalue weighted by Crippen LogP contribution is -2.46. The zero-order valence-corrected chi connectivity index (χ0v) is 13.8. The van der Waals surface area contributed by atoms with E-state index in [9.17, 15) is 4.79 Å². The largest absolute Gasteiger partial charge is 0.351 e.